The number of thiazole rings is 1. The Morgan fingerprint density at radius 3 is 2.77 bits per heavy atom. The molecule has 0 spiro atoms. The molecular formula is C16H18N2O3S. The van der Waals surface area contributed by atoms with Crippen molar-refractivity contribution in [3.63, 3.8) is 0 Å². The lowest BCUT2D eigenvalue weighted by Crippen LogP contribution is -2.27. The van der Waals surface area contributed by atoms with Gasteiger partial charge in [-0.3, -0.25) is 4.79 Å². The molecule has 0 bridgehead atoms. The number of methoxy groups -OCH3 is 2. The summed E-state index contributed by atoms with van der Waals surface area (Å²) in [6, 6.07) is 6.08. The predicted molar refractivity (Wildman–Crippen MR) is 85.5 cm³/mol. The zero-order chi connectivity index (χ0) is 15.5. The van der Waals surface area contributed by atoms with Crippen LogP contribution in [0.1, 0.15) is 18.5 Å². The maximum Gasteiger partial charge on any atom is 0.226 e. The van der Waals surface area contributed by atoms with E-state index in [-0.39, 0.29) is 5.91 Å². The van der Waals surface area contributed by atoms with E-state index in [9.17, 15) is 4.79 Å². The zero-order valence-electron chi connectivity index (χ0n) is 12.6. The Morgan fingerprint density at radius 1 is 1.32 bits per heavy atom. The van der Waals surface area contributed by atoms with E-state index in [1.165, 1.54) is 11.3 Å². The molecule has 5 nitrogen and oxygen atoms in total. The zero-order valence-corrected chi connectivity index (χ0v) is 13.4. The van der Waals surface area contributed by atoms with Gasteiger partial charge in [0.2, 0.25) is 5.91 Å². The minimum absolute atomic E-state index is 0.0478. The molecule has 1 saturated carbocycles. The van der Waals surface area contributed by atoms with Crippen molar-refractivity contribution in [2.75, 3.05) is 14.2 Å². The van der Waals surface area contributed by atoms with Crippen LogP contribution >= 0.6 is 11.3 Å². The molecule has 2 aromatic rings. The number of rotatable bonds is 6. The second-order valence-electron chi connectivity index (χ2n) is 5.23. The van der Waals surface area contributed by atoms with Gasteiger partial charge in [0.05, 0.1) is 26.3 Å². The molecule has 1 N–H and O–H groups in total. The first-order valence-corrected chi connectivity index (χ1v) is 8.03. The molecule has 1 aromatic heterocycles. The van der Waals surface area contributed by atoms with Crippen LogP contribution in [0.5, 0.6) is 11.5 Å². The van der Waals surface area contributed by atoms with Crippen LogP contribution in [0, 0.1) is 0 Å². The number of aromatic nitrogens is 1. The van der Waals surface area contributed by atoms with Crippen molar-refractivity contribution in [3.8, 4) is 22.1 Å². The molecule has 0 saturated heterocycles. The van der Waals surface area contributed by atoms with Gasteiger partial charge in [-0.25, -0.2) is 4.98 Å². The van der Waals surface area contributed by atoms with Gasteiger partial charge in [0, 0.05) is 17.0 Å². The van der Waals surface area contributed by atoms with Crippen molar-refractivity contribution >= 4 is 17.2 Å². The summed E-state index contributed by atoms with van der Waals surface area (Å²) in [5.74, 6) is 1.40. The summed E-state index contributed by atoms with van der Waals surface area (Å²) in [7, 11) is 3.22. The van der Waals surface area contributed by atoms with Gasteiger partial charge in [0.15, 0.2) is 11.5 Å². The van der Waals surface area contributed by atoms with Crippen LogP contribution in [0.25, 0.3) is 10.6 Å². The molecule has 0 atom stereocenters. The third-order valence-electron chi connectivity index (χ3n) is 3.47. The summed E-state index contributed by atoms with van der Waals surface area (Å²) < 4.78 is 10.5. The summed E-state index contributed by atoms with van der Waals surface area (Å²) >= 11 is 1.52. The first-order chi connectivity index (χ1) is 10.7. The van der Waals surface area contributed by atoms with E-state index in [1.54, 1.807) is 14.2 Å². The molecular weight excluding hydrogens is 300 g/mol. The van der Waals surface area contributed by atoms with Crippen molar-refractivity contribution < 1.29 is 14.3 Å². The molecule has 1 aliphatic carbocycles. The first-order valence-electron chi connectivity index (χ1n) is 7.15. The standard InChI is InChI=1S/C16H18N2O3S/c1-20-13-6-3-10(7-14(13)21-2)16-18-12(9-22-16)8-15(19)17-11-4-5-11/h3,6-7,9,11H,4-5,8H2,1-2H3,(H,17,19). The average molecular weight is 318 g/mol. The molecule has 0 radical (unpaired) electrons. The number of benzene rings is 1. The minimum Gasteiger partial charge on any atom is -0.493 e. The van der Waals surface area contributed by atoms with Crippen LogP contribution in [0.2, 0.25) is 0 Å². The SMILES string of the molecule is COc1ccc(-c2nc(CC(=O)NC3CC3)cs2)cc1OC. The van der Waals surface area contributed by atoms with E-state index in [0.717, 1.165) is 29.1 Å². The van der Waals surface area contributed by atoms with Crippen molar-refractivity contribution in [1.82, 2.24) is 10.3 Å². The quantitative estimate of drug-likeness (QED) is 0.889. The molecule has 1 amide bonds. The van der Waals surface area contributed by atoms with Gasteiger partial charge in [0.25, 0.3) is 0 Å². The van der Waals surface area contributed by atoms with Crippen LogP contribution in [0.3, 0.4) is 0 Å². The first kappa shape index (κ1) is 14.8. The monoisotopic (exact) mass is 318 g/mol. The lowest BCUT2D eigenvalue weighted by atomic mass is 10.2. The van der Waals surface area contributed by atoms with E-state index < -0.39 is 0 Å². The van der Waals surface area contributed by atoms with Crippen molar-refractivity contribution in [1.29, 1.82) is 0 Å². The topological polar surface area (TPSA) is 60.5 Å². The maximum absolute atomic E-state index is 11.8. The van der Waals surface area contributed by atoms with Gasteiger partial charge in [0.1, 0.15) is 5.01 Å². The minimum atomic E-state index is 0.0478. The number of hydrogen-bond donors (Lipinski definition) is 1. The lowest BCUT2D eigenvalue weighted by Gasteiger charge is -2.08. The van der Waals surface area contributed by atoms with Crippen LogP contribution < -0.4 is 14.8 Å². The highest BCUT2D eigenvalue weighted by molar-refractivity contribution is 7.13. The number of hydrogen-bond acceptors (Lipinski definition) is 5. The Balaban J connectivity index is 1.73. The van der Waals surface area contributed by atoms with Crippen LogP contribution in [-0.4, -0.2) is 31.2 Å². The molecule has 1 fully saturated rings. The molecule has 6 heteroatoms. The summed E-state index contributed by atoms with van der Waals surface area (Å²) in [5.41, 5.74) is 1.75. The van der Waals surface area contributed by atoms with Crippen molar-refractivity contribution in [2.24, 2.45) is 0 Å². The Hall–Kier alpha value is -2.08. The van der Waals surface area contributed by atoms with Crippen molar-refractivity contribution in [3.05, 3.63) is 29.3 Å². The fourth-order valence-electron chi connectivity index (χ4n) is 2.16. The van der Waals surface area contributed by atoms with Crippen LogP contribution in [0.4, 0.5) is 0 Å². The number of nitrogens with zero attached hydrogens (tertiary/aromatic N) is 1. The smallest absolute Gasteiger partial charge is 0.226 e. The van der Waals surface area contributed by atoms with Crippen LogP contribution in [-0.2, 0) is 11.2 Å². The highest BCUT2D eigenvalue weighted by Crippen LogP contribution is 2.33. The van der Waals surface area contributed by atoms with E-state index in [0.29, 0.717) is 24.0 Å². The summed E-state index contributed by atoms with van der Waals surface area (Å²) in [6.07, 6.45) is 2.53. The fraction of sp³-hybridized carbons (Fsp3) is 0.375. The number of ether oxygens (including phenoxy) is 2. The van der Waals surface area contributed by atoms with E-state index in [1.807, 2.05) is 23.6 Å². The highest BCUT2D eigenvalue weighted by Gasteiger charge is 2.23. The van der Waals surface area contributed by atoms with E-state index in [2.05, 4.69) is 10.3 Å². The van der Waals surface area contributed by atoms with E-state index >= 15 is 0 Å². The molecule has 22 heavy (non-hydrogen) atoms. The molecule has 1 heterocycles. The Kier molecular flexibility index (Phi) is 4.29. The molecule has 1 aliphatic rings. The Labute approximate surface area is 133 Å². The van der Waals surface area contributed by atoms with Gasteiger partial charge in [-0.1, -0.05) is 0 Å². The average Bonchev–Trinajstić information content (AvgIpc) is 3.22. The third kappa shape index (κ3) is 3.39. The van der Waals surface area contributed by atoms with Gasteiger partial charge in [-0.15, -0.1) is 11.3 Å². The molecule has 116 valence electrons. The third-order valence-corrected chi connectivity index (χ3v) is 4.41. The summed E-state index contributed by atoms with van der Waals surface area (Å²) in [4.78, 5) is 16.3. The lowest BCUT2D eigenvalue weighted by molar-refractivity contribution is -0.120. The molecule has 1 aromatic carbocycles. The van der Waals surface area contributed by atoms with Gasteiger partial charge >= 0.3 is 0 Å². The fourth-order valence-corrected chi connectivity index (χ4v) is 2.98. The van der Waals surface area contributed by atoms with Crippen molar-refractivity contribution in [2.45, 2.75) is 25.3 Å². The second kappa shape index (κ2) is 6.36. The van der Waals surface area contributed by atoms with Gasteiger partial charge < -0.3 is 14.8 Å². The Morgan fingerprint density at radius 2 is 2.09 bits per heavy atom. The predicted octanol–water partition coefficient (Wildman–Crippen LogP) is 2.65. The van der Waals surface area contributed by atoms with E-state index in [4.69, 9.17) is 9.47 Å². The van der Waals surface area contributed by atoms with Gasteiger partial charge in [-0.05, 0) is 31.0 Å². The molecule has 3 rings (SSSR count). The van der Waals surface area contributed by atoms with Crippen LogP contribution in [0.15, 0.2) is 23.6 Å². The normalized spacial score (nSPS) is 13.7. The molecule has 0 aliphatic heterocycles. The largest absolute Gasteiger partial charge is 0.493 e. The highest BCUT2D eigenvalue weighted by atomic mass is 32.1. The number of carbonyl (C=O) groups is 1. The maximum atomic E-state index is 11.8. The molecule has 0 unspecified atom stereocenters. The van der Waals surface area contributed by atoms with Gasteiger partial charge in [-0.2, -0.15) is 0 Å². The number of amides is 1. The second-order valence-corrected chi connectivity index (χ2v) is 6.09. The Bertz CT molecular complexity index is 680. The summed E-state index contributed by atoms with van der Waals surface area (Å²) in [5, 5.41) is 5.77. The summed E-state index contributed by atoms with van der Waals surface area (Å²) in [6.45, 7) is 0. The number of carbonyl (C=O) groups excluding carboxylic acids is 1. The number of nitrogens with one attached hydrogen (secondary N) is 1.